The first kappa shape index (κ1) is 17.1. The molecule has 0 aromatic heterocycles. The first-order chi connectivity index (χ1) is 10.4. The van der Waals surface area contributed by atoms with Crippen molar-refractivity contribution in [3.8, 4) is 0 Å². The number of hydrogen-bond acceptors (Lipinski definition) is 3. The molecule has 0 bridgehead atoms. The van der Waals surface area contributed by atoms with Crippen molar-refractivity contribution >= 4 is 35.0 Å². The lowest BCUT2D eigenvalue weighted by Gasteiger charge is -2.35. The Balaban J connectivity index is 2.04. The van der Waals surface area contributed by atoms with Crippen molar-refractivity contribution in [2.75, 3.05) is 19.6 Å². The highest BCUT2D eigenvalue weighted by atomic mass is 35.5. The molecule has 1 heterocycles. The molecule has 2 amide bonds. The predicted molar refractivity (Wildman–Crippen MR) is 87.4 cm³/mol. The van der Waals surface area contributed by atoms with Gasteiger partial charge < -0.3 is 15.5 Å². The van der Waals surface area contributed by atoms with Crippen molar-refractivity contribution in [1.29, 1.82) is 0 Å². The third kappa shape index (κ3) is 3.72. The number of carbonyl (C=O) groups excluding carboxylic acids is 2. The molecular weight excluding hydrogens is 325 g/mol. The summed E-state index contributed by atoms with van der Waals surface area (Å²) in [6.07, 6.45) is 0. The number of rotatable bonds is 3. The number of carbonyl (C=O) groups is 2. The fraction of sp³-hybridized carbons (Fsp3) is 0.467. The van der Waals surface area contributed by atoms with E-state index in [9.17, 15) is 9.59 Å². The number of benzene rings is 1. The number of piperazine rings is 1. The lowest BCUT2D eigenvalue weighted by molar-refractivity contribution is -0.135. The van der Waals surface area contributed by atoms with Gasteiger partial charge in [0, 0.05) is 25.7 Å². The molecule has 22 heavy (non-hydrogen) atoms. The van der Waals surface area contributed by atoms with E-state index in [0.29, 0.717) is 11.6 Å². The summed E-state index contributed by atoms with van der Waals surface area (Å²) in [5.41, 5.74) is 0.266. The third-order valence-corrected chi connectivity index (χ3v) is 4.52. The summed E-state index contributed by atoms with van der Waals surface area (Å²) < 4.78 is 0. The molecular formula is C15H19Cl2N3O2. The third-order valence-electron chi connectivity index (χ3n) is 3.70. The van der Waals surface area contributed by atoms with Crippen molar-refractivity contribution in [1.82, 2.24) is 15.5 Å². The number of amides is 2. The van der Waals surface area contributed by atoms with Gasteiger partial charge in [0.15, 0.2) is 0 Å². The van der Waals surface area contributed by atoms with Crippen LogP contribution < -0.4 is 10.6 Å². The van der Waals surface area contributed by atoms with E-state index in [1.807, 2.05) is 6.92 Å². The van der Waals surface area contributed by atoms with Crippen LogP contribution in [0.5, 0.6) is 0 Å². The van der Waals surface area contributed by atoms with E-state index in [2.05, 4.69) is 10.6 Å². The Hall–Kier alpha value is -1.30. The second kappa shape index (κ2) is 7.31. The first-order valence-corrected chi connectivity index (χ1v) is 7.93. The number of hydrogen-bond donors (Lipinski definition) is 2. The normalized spacial score (nSPS) is 19.6. The highest BCUT2D eigenvalue weighted by Gasteiger charge is 2.28. The molecule has 1 aliphatic rings. The van der Waals surface area contributed by atoms with Crippen LogP contribution in [0.3, 0.4) is 0 Å². The Morgan fingerprint density at radius 2 is 2.14 bits per heavy atom. The minimum atomic E-state index is -0.622. The molecule has 1 saturated heterocycles. The molecule has 1 aromatic carbocycles. The van der Waals surface area contributed by atoms with E-state index in [-0.39, 0.29) is 22.5 Å². The summed E-state index contributed by atoms with van der Waals surface area (Å²) in [6, 6.07) is 4.32. The summed E-state index contributed by atoms with van der Waals surface area (Å²) in [4.78, 5) is 26.5. The zero-order valence-corrected chi connectivity index (χ0v) is 14.0. The first-order valence-electron chi connectivity index (χ1n) is 7.18. The van der Waals surface area contributed by atoms with E-state index < -0.39 is 11.9 Å². The van der Waals surface area contributed by atoms with Crippen molar-refractivity contribution in [3.05, 3.63) is 33.8 Å². The Morgan fingerprint density at radius 3 is 2.82 bits per heavy atom. The molecule has 1 aliphatic heterocycles. The van der Waals surface area contributed by atoms with Crippen LogP contribution in [-0.2, 0) is 4.79 Å². The highest BCUT2D eigenvalue weighted by molar-refractivity contribution is 6.43. The van der Waals surface area contributed by atoms with Crippen molar-refractivity contribution in [2.45, 2.75) is 25.9 Å². The van der Waals surface area contributed by atoms with Crippen LogP contribution in [0.2, 0.25) is 10.0 Å². The van der Waals surface area contributed by atoms with Gasteiger partial charge in [0.1, 0.15) is 6.04 Å². The van der Waals surface area contributed by atoms with Gasteiger partial charge in [-0.05, 0) is 26.0 Å². The number of halogens is 2. The van der Waals surface area contributed by atoms with E-state index in [1.54, 1.807) is 30.0 Å². The largest absolute Gasteiger partial charge is 0.340 e. The molecule has 0 saturated carbocycles. The minimum absolute atomic E-state index is 0.0968. The Labute approximate surface area is 139 Å². The van der Waals surface area contributed by atoms with Crippen molar-refractivity contribution in [3.63, 3.8) is 0 Å². The van der Waals surface area contributed by atoms with E-state index in [1.165, 1.54) is 0 Å². The van der Waals surface area contributed by atoms with Gasteiger partial charge in [-0.1, -0.05) is 29.3 Å². The van der Waals surface area contributed by atoms with Crippen LogP contribution in [0, 0.1) is 0 Å². The maximum absolute atomic E-state index is 12.5. The van der Waals surface area contributed by atoms with Crippen LogP contribution in [0.15, 0.2) is 18.2 Å². The summed E-state index contributed by atoms with van der Waals surface area (Å²) in [5.74, 6) is -0.503. The monoisotopic (exact) mass is 343 g/mol. The zero-order chi connectivity index (χ0) is 16.3. The zero-order valence-electron chi connectivity index (χ0n) is 12.5. The van der Waals surface area contributed by atoms with E-state index >= 15 is 0 Å². The average molecular weight is 344 g/mol. The van der Waals surface area contributed by atoms with Crippen LogP contribution in [0.1, 0.15) is 24.2 Å². The van der Waals surface area contributed by atoms with Gasteiger partial charge in [-0.3, -0.25) is 9.59 Å². The molecule has 7 heteroatoms. The van der Waals surface area contributed by atoms with Gasteiger partial charge in [0.25, 0.3) is 5.91 Å². The fourth-order valence-corrected chi connectivity index (χ4v) is 2.82. The van der Waals surface area contributed by atoms with Gasteiger partial charge in [-0.2, -0.15) is 0 Å². The lowest BCUT2D eigenvalue weighted by Crippen LogP contribution is -2.57. The molecule has 2 unspecified atom stereocenters. The summed E-state index contributed by atoms with van der Waals surface area (Å²) in [6.45, 7) is 5.81. The number of nitrogens with one attached hydrogen (secondary N) is 2. The Morgan fingerprint density at radius 1 is 1.41 bits per heavy atom. The molecule has 2 atom stereocenters. The molecule has 2 rings (SSSR count). The van der Waals surface area contributed by atoms with E-state index in [4.69, 9.17) is 23.2 Å². The maximum atomic E-state index is 12.5. The molecule has 2 N–H and O–H groups in total. The van der Waals surface area contributed by atoms with Crippen molar-refractivity contribution < 1.29 is 9.59 Å². The van der Waals surface area contributed by atoms with Gasteiger partial charge in [0.2, 0.25) is 5.91 Å². The molecule has 0 aliphatic carbocycles. The quantitative estimate of drug-likeness (QED) is 0.881. The maximum Gasteiger partial charge on any atom is 0.253 e. The molecule has 0 radical (unpaired) electrons. The second-order valence-corrected chi connectivity index (χ2v) is 6.17. The summed E-state index contributed by atoms with van der Waals surface area (Å²) in [5, 5.41) is 6.41. The molecule has 120 valence electrons. The molecule has 1 fully saturated rings. The van der Waals surface area contributed by atoms with Crippen molar-refractivity contribution in [2.24, 2.45) is 0 Å². The number of nitrogens with zero attached hydrogens (tertiary/aromatic N) is 1. The average Bonchev–Trinajstić information content (AvgIpc) is 2.49. The molecule has 1 aromatic rings. The van der Waals surface area contributed by atoms with E-state index in [0.717, 1.165) is 13.1 Å². The van der Waals surface area contributed by atoms with Gasteiger partial charge in [0.05, 0.1) is 15.6 Å². The smallest absolute Gasteiger partial charge is 0.253 e. The SMILES string of the molecule is CC(NC(=O)c1cccc(Cl)c1Cl)C(=O)N1CCNCC1C. The Kier molecular flexibility index (Phi) is 5.67. The van der Waals surface area contributed by atoms with Crippen LogP contribution in [0.25, 0.3) is 0 Å². The predicted octanol–water partition coefficient (Wildman–Crippen LogP) is 1.93. The molecule has 0 spiro atoms. The van der Waals surface area contributed by atoms with Gasteiger partial charge >= 0.3 is 0 Å². The standard InChI is InChI=1S/C15H19Cl2N3O2/c1-9-8-18-6-7-20(9)15(22)10(2)19-14(21)11-4-3-5-12(16)13(11)17/h3-5,9-10,18H,6-8H2,1-2H3,(H,19,21). The van der Waals surface area contributed by atoms with Crippen LogP contribution >= 0.6 is 23.2 Å². The lowest BCUT2D eigenvalue weighted by atomic mass is 10.1. The van der Waals surface area contributed by atoms with Gasteiger partial charge in [-0.25, -0.2) is 0 Å². The summed E-state index contributed by atoms with van der Waals surface area (Å²) >= 11 is 11.9. The fourth-order valence-electron chi connectivity index (χ4n) is 2.43. The van der Waals surface area contributed by atoms with Gasteiger partial charge in [-0.15, -0.1) is 0 Å². The highest BCUT2D eigenvalue weighted by Crippen LogP contribution is 2.25. The molecule has 5 nitrogen and oxygen atoms in total. The Bertz CT molecular complexity index is 580. The minimum Gasteiger partial charge on any atom is -0.340 e. The second-order valence-electron chi connectivity index (χ2n) is 5.38. The van der Waals surface area contributed by atoms with Crippen LogP contribution in [-0.4, -0.2) is 48.4 Å². The van der Waals surface area contributed by atoms with Crippen LogP contribution in [0.4, 0.5) is 0 Å². The topological polar surface area (TPSA) is 61.4 Å². The summed E-state index contributed by atoms with van der Waals surface area (Å²) in [7, 11) is 0.